The molecule has 0 aromatic carbocycles. The van der Waals surface area contributed by atoms with Gasteiger partial charge in [-0.15, -0.1) is 11.3 Å². The van der Waals surface area contributed by atoms with Crippen molar-refractivity contribution in [3.8, 4) is 0 Å². The van der Waals surface area contributed by atoms with Crippen LogP contribution >= 0.6 is 27.3 Å². The zero-order chi connectivity index (χ0) is 9.68. The zero-order valence-corrected chi connectivity index (χ0v) is 10.2. The standard InChI is InChI=1S/C10H15BrOS/c1-2-3-4-5-9(12)10-8(11)6-7-13-10/h6-7,9,12H,2-5H2,1H3. The first-order valence-corrected chi connectivity index (χ1v) is 6.34. The van der Waals surface area contributed by atoms with Gasteiger partial charge in [0.2, 0.25) is 0 Å². The summed E-state index contributed by atoms with van der Waals surface area (Å²) in [6.45, 7) is 2.17. The van der Waals surface area contributed by atoms with Gasteiger partial charge in [0.25, 0.3) is 0 Å². The van der Waals surface area contributed by atoms with Gasteiger partial charge in [0.05, 0.1) is 6.10 Å². The summed E-state index contributed by atoms with van der Waals surface area (Å²) in [6.07, 6.45) is 4.13. The third-order valence-electron chi connectivity index (χ3n) is 2.03. The van der Waals surface area contributed by atoms with Crippen molar-refractivity contribution >= 4 is 27.3 Å². The second-order valence-corrected chi connectivity index (χ2v) is 4.95. The van der Waals surface area contributed by atoms with Gasteiger partial charge < -0.3 is 5.11 Å². The third kappa shape index (κ3) is 3.41. The van der Waals surface area contributed by atoms with E-state index < -0.39 is 0 Å². The molecule has 0 saturated heterocycles. The summed E-state index contributed by atoms with van der Waals surface area (Å²) in [4.78, 5) is 1.07. The molecule has 74 valence electrons. The maximum absolute atomic E-state index is 9.80. The monoisotopic (exact) mass is 262 g/mol. The SMILES string of the molecule is CCCCCC(O)c1sccc1Br. The first kappa shape index (κ1) is 11.2. The highest BCUT2D eigenvalue weighted by Gasteiger charge is 2.11. The molecule has 1 aromatic heterocycles. The highest BCUT2D eigenvalue weighted by Crippen LogP contribution is 2.31. The van der Waals surface area contributed by atoms with Crippen molar-refractivity contribution in [1.82, 2.24) is 0 Å². The van der Waals surface area contributed by atoms with E-state index in [0.29, 0.717) is 0 Å². The maximum atomic E-state index is 9.80. The molecule has 0 bridgehead atoms. The van der Waals surface area contributed by atoms with Crippen LogP contribution in [0.3, 0.4) is 0 Å². The number of rotatable bonds is 5. The molecule has 1 heterocycles. The number of aliphatic hydroxyl groups excluding tert-OH is 1. The van der Waals surface area contributed by atoms with Crippen LogP contribution in [-0.2, 0) is 0 Å². The molecule has 13 heavy (non-hydrogen) atoms. The van der Waals surface area contributed by atoms with Crippen LogP contribution in [-0.4, -0.2) is 5.11 Å². The van der Waals surface area contributed by atoms with Gasteiger partial charge in [-0.1, -0.05) is 26.2 Å². The molecule has 1 aromatic rings. The van der Waals surface area contributed by atoms with Gasteiger partial charge in [-0.25, -0.2) is 0 Å². The molecule has 1 unspecified atom stereocenters. The van der Waals surface area contributed by atoms with Crippen LogP contribution in [0, 0.1) is 0 Å². The van der Waals surface area contributed by atoms with Crippen LogP contribution in [0.5, 0.6) is 0 Å². The largest absolute Gasteiger partial charge is 0.388 e. The predicted octanol–water partition coefficient (Wildman–Crippen LogP) is 4.12. The molecule has 3 heteroatoms. The van der Waals surface area contributed by atoms with Gasteiger partial charge in [0.15, 0.2) is 0 Å². The Morgan fingerprint density at radius 3 is 2.85 bits per heavy atom. The number of halogens is 1. The molecule has 0 radical (unpaired) electrons. The molecule has 1 N–H and O–H groups in total. The Morgan fingerprint density at radius 2 is 2.31 bits per heavy atom. The molecular formula is C10H15BrOS. The first-order chi connectivity index (χ1) is 6.25. The molecule has 1 atom stereocenters. The Bertz CT molecular complexity index is 247. The number of aliphatic hydroxyl groups is 1. The highest BCUT2D eigenvalue weighted by atomic mass is 79.9. The van der Waals surface area contributed by atoms with Crippen LogP contribution in [0.4, 0.5) is 0 Å². The lowest BCUT2D eigenvalue weighted by Crippen LogP contribution is -1.94. The molecule has 0 spiro atoms. The molecule has 0 fully saturated rings. The summed E-state index contributed by atoms with van der Waals surface area (Å²) in [6, 6.07) is 1.99. The topological polar surface area (TPSA) is 20.2 Å². The number of hydrogen-bond acceptors (Lipinski definition) is 2. The summed E-state index contributed by atoms with van der Waals surface area (Å²) in [7, 11) is 0. The number of thiophene rings is 1. The fourth-order valence-electron chi connectivity index (χ4n) is 1.26. The van der Waals surface area contributed by atoms with Gasteiger partial charge in [-0.2, -0.15) is 0 Å². The van der Waals surface area contributed by atoms with Crippen molar-refractivity contribution in [2.45, 2.75) is 38.7 Å². The Kier molecular flexibility index (Phi) is 4.99. The average Bonchev–Trinajstić information content (AvgIpc) is 2.52. The second kappa shape index (κ2) is 5.78. The van der Waals surface area contributed by atoms with Gasteiger partial charge in [-0.05, 0) is 33.8 Å². The lowest BCUT2D eigenvalue weighted by atomic mass is 10.1. The van der Waals surface area contributed by atoms with Gasteiger partial charge in [0, 0.05) is 9.35 Å². The quantitative estimate of drug-likeness (QED) is 0.792. The Hall–Kier alpha value is 0.140. The predicted molar refractivity (Wildman–Crippen MR) is 61.1 cm³/mol. The maximum Gasteiger partial charge on any atom is 0.0893 e. The van der Waals surface area contributed by atoms with Crippen molar-refractivity contribution in [2.75, 3.05) is 0 Å². The normalized spacial score (nSPS) is 13.2. The molecule has 0 aliphatic carbocycles. The molecule has 0 saturated carbocycles. The highest BCUT2D eigenvalue weighted by molar-refractivity contribution is 9.10. The molecular weight excluding hydrogens is 248 g/mol. The van der Waals surface area contributed by atoms with Gasteiger partial charge >= 0.3 is 0 Å². The third-order valence-corrected chi connectivity index (χ3v) is 4.00. The van der Waals surface area contributed by atoms with Crippen LogP contribution in [0.15, 0.2) is 15.9 Å². The Morgan fingerprint density at radius 1 is 1.54 bits per heavy atom. The molecule has 0 aliphatic rings. The van der Waals surface area contributed by atoms with E-state index in [1.54, 1.807) is 11.3 Å². The summed E-state index contributed by atoms with van der Waals surface area (Å²) in [5.74, 6) is 0. The van der Waals surface area contributed by atoms with E-state index in [1.165, 1.54) is 12.8 Å². The fourth-order valence-corrected chi connectivity index (χ4v) is 2.92. The first-order valence-electron chi connectivity index (χ1n) is 4.66. The Balaban J connectivity index is 2.39. The molecule has 1 rings (SSSR count). The smallest absolute Gasteiger partial charge is 0.0893 e. The van der Waals surface area contributed by atoms with Crippen LogP contribution in [0.25, 0.3) is 0 Å². The summed E-state index contributed by atoms with van der Waals surface area (Å²) >= 11 is 5.05. The van der Waals surface area contributed by atoms with Crippen molar-refractivity contribution in [3.63, 3.8) is 0 Å². The van der Waals surface area contributed by atoms with Crippen LogP contribution in [0.2, 0.25) is 0 Å². The molecule has 0 aliphatic heterocycles. The number of unbranched alkanes of at least 4 members (excludes halogenated alkanes) is 2. The van der Waals surface area contributed by atoms with E-state index in [1.807, 2.05) is 11.4 Å². The summed E-state index contributed by atoms with van der Waals surface area (Å²) in [5.41, 5.74) is 0. The van der Waals surface area contributed by atoms with Crippen molar-refractivity contribution in [2.24, 2.45) is 0 Å². The minimum Gasteiger partial charge on any atom is -0.388 e. The second-order valence-electron chi connectivity index (χ2n) is 3.14. The zero-order valence-electron chi connectivity index (χ0n) is 7.79. The van der Waals surface area contributed by atoms with E-state index in [2.05, 4.69) is 22.9 Å². The molecule has 0 amide bonds. The van der Waals surface area contributed by atoms with E-state index in [-0.39, 0.29) is 6.10 Å². The summed E-state index contributed by atoms with van der Waals surface area (Å²) < 4.78 is 1.04. The number of hydrogen-bond donors (Lipinski definition) is 1. The van der Waals surface area contributed by atoms with Crippen molar-refractivity contribution < 1.29 is 5.11 Å². The minimum absolute atomic E-state index is 0.277. The van der Waals surface area contributed by atoms with Crippen molar-refractivity contribution in [3.05, 3.63) is 20.8 Å². The van der Waals surface area contributed by atoms with E-state index >= 15 is 0 Å². The van der Waals surface area contributed by atoms with Gasteiger partial charge in [0.1, 0.15) is 0 Å². The average molecular weight is 263 g/mol. The fraction of sp³-hybridized carbons (Fsp3) is 0.600. The summed E-state index contributed by atoms with van der Waals surface area (Å²) in [5, 5.41) is 11.8. The van der Waals surface area contributed by atoms with Gasteiger partial charge in [-0.3, -0.25) is 0 Å². The van der Waals surface area contributed by atoms with Crippen molar-refractivity contribution in [1.29, 1.82) is 0 Å². The van der Waals surface area contributed by atoms with E-state index in [9.17, 15) is 5.11 Å². The minimum atomic E-state index is -0.277. The van der Waals surface area contributed by atoms with E-state index in [4.69, 9.17) is 0 Å². The Labute approximate surface area is 91.9 Å². The van der Waals surface area contributed by atoms with Crippen LogP contribution < -0.4 is 0 Å². The van der Waals surface area contributed by atoms with Crippen LogP contribution in [0.1, 0.15) is 43.6 Å². The molecule has 1 nitrogen and oxygen atoms in total. The lowest BCUT2D eigenvalue weighted by Gasteiger charge is -2.08. The lowest BCUT2D eigenvalue weighted by molar-refractivity contribution is 0.166. The van der Waals surface area contributed by atoms with E-state index in [0.717, 1.165) is 22.2 Å².